The van der Waals surface area contributed by atoms with Crippen LogP contribution in [0.2, 0.25) is 0 Å². The number of carbonyl (C=O) groups is 1. The summed E-state index contributed by atoms with van der Waals surface area (Å²) in [6.07, 6.45) is -5.28. The van der Waals surface area contributed by atoms with E-state index in [4.69, 9.17) is 10.4 Å². The first-order valence-corrected chi connectivity index (χ1v) is 4.03. The normalized spacial score (nSPS) is 10.9. The molecule has 0 aliphatic carbocycles. The van der Waals surface area contributed by atoms with Crippen LogP contribution in [0.4, 0.5) is 13.2 Å². The molecule has 0 radical (unpaired) electrons. The first kappa shape index (κ1) is 12.0. The third kappa shape index (κ3) is 2.95. The number of pyridine rings is 1. The van der Waals surface area contributed by atoms with Gasteiger partial charge in [-0.05, 0) is 17.7 Å². The van der Waals surface area contributed by atoms with Crippen LogP contribution in [-0.2, 0) is 17.4 Å². The van der Waals surface area contributed by atoms with Gasteiger partial charge in [0.2, 0.25) is 0 Å². The van der Waals surface area contributed by atoms with E-state index in [2.05, 4.69) is 4.98 Å². The van der Waals surface area contributed by atoms with E-state index in [9.17, 15) is 18.0 Å². The second-order valence-corrected chi connectivity index (χ2v) is 2.93. The smallest absolute Gasteiger partial charge is 0.433 e. The lowest BCUT2D eigenvalue weighted by atomic mass is 10.1. The van der Waals surface area contributed by atoms with Crippen LogP contribution in [0.1, 0.15) is 17.0 Å². The molecule has 0 saturated carbocycles. The number of alkyl halides is 3. The van der Waals surface area contributed by atoms with Gasteiger partial charge in [-0.1, -0.05) is 0 Å². The molecule has 0 amide bonds. The molecular weight excluding hydrogens is 225 g/mol. The monoisotopic (exact) mass is 230 g/mol. The van der Waals surface area contributed by atoms with Gasteiger partial charge in [-0.15, -0.1) is 0 Å². The number of aliphatic carboxylic acids is 1. The van der Waals surface area contributed by atoms with Crippen LogP contribution < -0.4 is 0 Å². The second-order valence-electron chi connectivity index (χ2n) is 2.93. The first-order valence-electron chi connectivity index (χ1n) is 4.03. The van der Waals surface area contributed by atoms with Crippen molar-refractivity contribution in [1.82, 2.24) is 4.98 Å². The molecule has 0 atom stereocenters. The highest BCUT2D eigenvalue weighted by atomic mass is 19.4. The molecule has 16 heavy (non-hydrogen) atoms. The average Bonchev–Trinajstić information content (AvgIpc) is 2.14. The van der Waals surface area contributed by atoms with Gasteiger partial charge < -0.3 is 5.11 Å². The zero-order chi connectivity index (χ0) is 12.3. The van der Waals surface area contributed by atoms with Crippen molar-refractivity contribution in [2.24, 2.45) is 0 Å². The number of hydrogen-bond donors (Lipinski definition) is 1. The highest BCUT2D eigenvalue weighted by molar-refractivity contribution is 5.70. The van der Waals surface area contributed by atoms with Crippen LogP contribution in [0.15, 0.2) is 12.1 Å². The van der Waals surface area contributed by atoms with E-state index in [0.717, 1.165) is 6.07 Å². The van der Waals surface area contributed by atoms with Gasteiger partial charge in [0.05, 0.1) is 6.42 Å². The summed E-state index contributed by atoms with van der Waals surface area (Å²) in [7, 11) is 0. The van der Waals surface area contributed by atoms with Crippen molar-refractivity contribution in [3.8, 4) is 6.07 Å². The van der Waals surface area contributed by atoms with Crippen LogP contribution in [-0.4, -0.2) is 16.1 Å². The van der Waals surface area contributed by atoms with Gasteiger partial charge in [-0.3, -0.25) is 4.79 Å². The predicted molar refractivity (Wildman–Crippen MR) is 45.3 cm³/mol. The van der Waals surface area contributed by atoms with Gasteiger partial charge >= 0.3 is 12.1 Å². The van der Waals surface area contributed by atoms with Crippen molar-refractivity contribution >= 4 is 5.97 Å². The summed E-state index contributed by atoms with van der Waals surface area (Å²) in [5.74, 6) is -1.27. The van der Waals surface area contributed by atoms with Crippen LogP contribution in [0.25, 0.3) is 0 Å². The van der Waals surface area contributed by atoms with Crippen molar-refractivity contribution in [2.45, 2.75) is 12.6 Å². The molecule has 0 saturated heterocycles. The summed E-state index contributed by atoms with van der Waals surface area (Å²) in [4.78, 5) is 13.4. The van der Waals surface area contributed by atoms with Crippen LogP contribution in [0.5, 0.6) is 0 Å². The maximum Gasteiger partial charge on any atom is 0.433 e. The number of carboxylic acids is 1. The highest BCUT2D eigenvalue weighted by Crippen LogP contribution is 2.28. The van der Waals surface area contributed by atoms with Crippen molar-refractivity contribution < 1.29 is 23.1 Å². The molecule has 1 rings (SSSR count). The number of nitrogens with zero attached hydrogens (tertiary/aromatic N) is 2. The van der Waals surface area contributed by atoms with Gasteiger partial charge in [0.25, 0.3) is 0 Å². The molecule has 0 spiro atoms. The van der Waals surface area contributed by atoms with E-state index in [0.29, 0.717) is 6.07 Å². The zero-order valence-electron chi connectivity index (χ0n) is 7.75. The number of nitriles is 1. The lowest BCUT2D eigenvalue weighted by molar-refractivity contribution is -0.141. The minimum atomic E-state index is -4.69. The molecule has 0 aliphatic heterocycles. The fourth-order valence-electron chi connectivity index (χ4n) is 1.07. The molecular formula is C9H5F3N2O2. The summed E-state index contributed by atoms with van der Waals surface area (Å²) in [6, 6.07) is 3.09. The third-order valence-electron chi connectivity index (χ3n) is 1.65. The Kier molecular flexibility index (Phi) is 3.13. The molecule has 0 aliphatic rings. The Morgan fingerprint density at radius 3 is 2.56 bits per heavy atom. The Morgan fingerprint density at radius 2 is 2.12 bits per heavy atom. The van der Waals surface area contributed by atoms with E-state index in [1.807, 2.05) is 0 Å². The fourth-order valence-corrected chi connectivity index (χ4v) is 1.07. The Balaban J connectivity index is 3.22. The Labute approximate surface area is 88.0 Å². The molecule has 0 bridgehead atoms. The molecule has 0 fully saturated rings. The van der Waals surface area contributed by atoms with E-state index < -0.39 is 30.0 Å². The number of carboxylic acid groups (broad SMARTS) is 1. The van der Waals surface area contributed by atoms with E-state index >= 15 is 0 Å². The molecule has 0 unspecified atom stereocenters. The third-order valence-corrected chi connectivity index (χ3v) is 1.65. The number of halogens is 3. The minimum absolute atomic E-state index is 0.105. The van der Waals surface area contributed by atoms with Crippen molar-refractivity contribution in [3.63, 3.8) is 0 Å². The minimum Gasteiger partial charge on any atom is -0.481 e. The van der Waals surface area contributed by atoms with Gasteiger partial charge in [0.15, 0.2) is 0 Å². The second kappa shape index (κ2) is 4.18. The van der Waals surface area contributed by atoms with Crippen LogP contribution in [0, 0.1) is 11.3 Å². The molecule has 4 nitrogen and oxygen atoms in total. The van der Waals surface area contributed by atoms with Gasteiger partial charge in [-0.25, -0.2) is 4.98 Å². The van der Waals surface area contributed by atoms with Gasteiger partial charge in [-0.2, -0.15) is 18.4 Å². The van der Waals surface area contributed by atoms with E-state index in [1.54, 1.807) is 0 Å². The largest absolute Gasteiger partial charge is 0.481 e. The Hall–Kier alpha value is -2.10. The molecule has 1 aromatic rings. The summed E-state index contributed by atoms with van der Waals surface area (Å²) in [5, 5.41) is 16.9. The molecule has 1 N–H and O–H groups in total. The Morgan fingerprint density at radius 1 is 1.50 bits per heavy atom. The standard InChI is InChI=1S/C9H5F3N2O2/c10-9(11,12)7-2-5(3-8(15)16)1-6(4-13)14-7/h1-2H,3H2,(H,15,16). The summed E-state index contributed by atoms with van der Waals surface area (Å²) in [5.41, 5.74) is -1.82. The predicted octanol–water partition coefficient (Wildman–Crippen LogP) is 1.60. The van der Waals surface area contributed by atoms with Crippen molar-refractivity contribution in [3.05, 3.63) is 29.1 Å². The topological polar surface area (TPSA) is 74.0 Å². The van der Waals surface area contributed by atoms with E-state index in [-0.39, 0.29) is 5.56 Å². The van der Waals surface area contributed by atoms with Crippen molar-refractivity contribution in [1.29, 1.82) is 5.26 Å². The highest BCUT2D eigenvalue weighted by Gasteiger charge is 2.33. The molecule has 0 aromatic carbocycles. The maximum atomic E-state index is 12.3. The SMILES string of the molecule is N#Cc1cc(CC(=O)O)cc(C(F)(F)F)n1. The average molecular weight is 230 g/mol. The van der Waals surface area contributed by atoms with Crippen LogP contribution in [0.3, 0.4) is 0 Å². The summed E-state index contributed by atoms with van der Waals surface area (Å²) < 4.78 is 36.9. The van der Waals surface area contributed by atoms with E-state index in [1.165, 1.54) is 6.07 Å². The Bertz CT molecular complexity index is 463. The molecule has 7 heteroatoms. The lowest BCUT2D eigenvalue weighted by Crippen LogP contribution is -2.11. The van der Waals surface area contributed by atoms with Crippen LogP contribution >= 0.6 is 0 Å². The quantitative estimate of drug-likeness (QED) is 0.837. The molecule has 84 valence electrons. The summed E-state index contributed by atoms with van der Waals surface area (Å²) in [6.45, 7) is 0. The first-order chi connectivity index (χ1) is 7.32. The number of aromatic nitrogens is 1. The molecule has 1 heterocycles. The molecule has 1 aromatic heterocycles. The lowest BCUT2D eigenvalue weighted by Gasteiger charge is -2.07. The zero-order valence-corrected chi connectivity index (χ0v) is 7.75. The summed E-state index contributed by atoms with van der Waals surface area (Å²) >= 11 is 0. The fraction of sp³-hybridized carbons (Fsp3) is 0.222. The number of hydrogen-bond acceptors (Lipinski definition) is 3. The van der Waals surface area contributed by atoms with Gasteiger partial charge in [0.1, 0.15) is 17.5 Å². The van der Waals surface area contributed by atoms with Crippen molar-refractivity contribution in [2.75, 3.05) is 0 Å². The van der Waals surface area contributed by atoms with Gasteiger partial charge in [0, 0.05) is 0 Å². The maximum absolute atomic E-state index is 12.3. The number of rotatable bonds is 2.